The second-order valence-corrected chi connectivity index (χ2v) is 7.91. The van der Waals surface area contributed by atoms with E-state index in [1.54, 1.807) is 12.3 Å². The summed E-state index contributed by atoms with van der Waals surface area (Å²) in [6.07, 6.45) is 3.60. The summed E-state index contributed by atoms with van der Waals surface area (Å²) in [6.45, 7) is 3.53. The Balaban J connectivity index is 1.44. The van der Waals surface area contributed by atoms with Gasteiger partial charge < -0.3 is 10.2 Å². The highest BCUT2D eigenvalue weighted by atomic mass is 32.1. The molecule has 0 radical (unpaired) electrons. The predicted molar refractivity (Wildman–Crippen MR) is 114 cm³/mol. The summed E-state index contributed by atoms with van der Waals surface area (Å²) in [5.74, 6) is -0.244. The van der Waals surface area contributed by atoms with E-state index in [0.29, 0.717) is 17.1 Å². The van der Waals surface area contributed by atoms with E-state index in [2.05, 4.69) is 20.1 Å². The Morgan fingerprint density at radius 3 is 2.62 bits per heavy atom. The van der Waals surface area contributed by atoms with Crippen molar-refractivity contribution in [2.24, 2.45) is 0 Å². The van der Waals surface area contributed by atoms with Crippen molar-refractivity contribution in [3.05, 3.63) is 82.6 Å². The van der Waals surface area contributed by atoms with Gasteiger partial charge in [0.15, 0.2) is 0 Å². The highest BCUT2D eigenvalue weighted by molar-refractivity contribution is 7.12. The minimum absolute atomic E-state index is 0.0235. The fourth-order valence-electron chi connectivity index (χ4n) is 3.70. The van der Waals surface area contributed by atoms with E-state index in [-0.39, 0.29) is 17.8 Å². The molecule has 1 amide bonds. The molecule has 3 heterocycles. The number of aromatic nitrogens is 1. The molecule has 1 aliphatic heterocycles. The van der Waals surface area contributed by atoms with Crippen LogP contribution in [0.1, 0.15) is 21.3 Å². The van der Waals surface area contributed by atoms with Gasteiger partial charge in [0, 0.05) is 45.1 Å². The summed E-state index contributed by atoms with van der Waals surface area (Å²) in [6, 6.07) is 14.6. The average molecular weight is 411 g/mol. The fraction of sp³-hybridized carbons (Fsp3) is 0.273. The zero-order valence-electron chi connectivity index (χ0n) is 16.0. The van der Waals surface area contributed by atoms with E-state index in [0.717, 1.165) is 31.7 Å². The molecule has 7 heteroatoms. The smallest absolute Gasteiger partial charge is 0.261 e. The summed E-state index contributed by atoms with van der Waals surface area (Å²) >= 11 is 1.43. The normalized spacial score (nSPS) is 15.8. The molecular formula is C22H23FN4OS. The molecule has 3 aromatic rings. The molecule has 4 rings (SSSR count). The van der Waals surface area contributed by atoms with Gasteiger partial charge in [-0.3, -0.25) is 14.7 Å². The van der Waals surface area contributed by atoms with Crippen molar-refractivity contribution in [2.75, 3.05) is 37.6 Å². The number of rotatable bonds is 6. The van der Waals surface area contributed by atoms with Crippen LogP contribution >= 0.6 is 11.3 Å². The minimum Gasteiger partial charge on any atom is -0.367 e. The summed E-state index contributed by atoms with van der Waals surface area (Å²) in [5.41, 5.74) is 1.72. The lowest BCUT2D eigenvalue weighted by molar-refractivity contribution is 0.0934. The van der Waals surface area contributed by atoms with Crippen LogP contribution in [-0.4, -0.2) is 48.5 Å². The second kappa shape index (κ2) is 9.15. The number of thiophene rings is 1. The molecule has 1 aromatic carbocycles. The molecule has 1 saturated heterocycles. The maximum atomic E-state index is 14.1. The van der Waals surface area contributed by atoms with E-state index in [1.807, 2.05) is 48.0 Å². The van der Waals surface area contributed by atoms with Crippen molar-refractivity contribution in [2.45, 2.75) is 6.04 Å². The van der Waals surface area contributed by atoms with Crippen molar-refractivity contribution >= 4 is 22.9 Å². The third-order valence-corrected chi connectivity index (χ3v) is 6.09. The molecule has 2 aromatic heterocycles. The molecular weight excluding hydrogens is 387 g/mol. The first-order chi connectivity index (χ1) is 14.2. The van der Waals surface area contributed by atoms with Crippen LogP contribution in [-0.2, 0) is 0 Å². The van der Waals surface area contributed by atoms with Crippen molar-refractivity contribution in [1.82, 2.24) is 15.2 Å². The number of nitrogens with one attached hydrogen (secondary N) is 1. The van der Waals surface area contributed by atoms with Crippen LogP contribution in [0, 0.1) is 5.82 Å². The number of para-hydroxylation sites is 1. The molecule has 1 atom stereocenters. The SMILES string of the molecule is O=C(NCC(c1cccnc1)N1CCN(c2ccccc2F)CC1)c1cccs1. The number of piperazine rings is 1. The molecule has 1 fully saturated rings. The first kappa shape index (κ1) is 19.5. The number of amides is 1. The summed E-state index contributed by atoms with van der Waals surface area (Å²) in [5, 5.41) is 4.96. The number of carbonyl (C=O) groups excluding carboxylic acids is 1. The molecule has 0 saturated carbocycles. The average Bonchev–Trinajstić information content (AvgIpc) is 3.31. The monoisotopic (exact) mass is 410 g/mol. The van der Waals surface area contributed by atoms with E-state index in [9.17, 15) is 9.18 Å². The van der Waals surface area contributed by atoms with Crippen molar-refractivity contribution < 1.29 is 9.18 Å². The molecule has 150 valence electrons. The number of anilines is 1. The molecule has 29 heavy (non-hydrogen) atoms. The van der Waals surface area contributed by atoms with Gasteiger partial charge in [-0.1, -0.05) is 24.3 Å². The number of halogens is 1. The summed E-state index contributed by atoms with van der Waals surface area (Å²) in [4.78, 5) is 21.8. The maximum Gasteiger partial charge on any atom is 0.261 e. The third-order valence-electron chi connectivity index (χ3n) is 5.22. The summed E-state index contributed by atoms with van der Waals surface area (Å²) in [7, 11) is 0. The zero-order valence-corrected chi connectivity index (χ0v) is 16.8. The molecule has 1 aliphatic rings. The van der Waals surface area contributed by atoms with E-state index >= 15 is 0 Å². The van der Waals surface area contributed by atoms with Crippen LogP contribution in [0.4, 0.5) is 10.1 Å². The standard InChI is InChI=1S/C22H23FN4OS/c23-18-6-1-2-7-19(18)26-10-12-27(13-11-26)20(17-5-3-9-24-15-17)16-25-22(28)21-8-4-14-29-21/h1-9,14-15,20H,10-13,16H2,(H,25,28). The molecule has 0 aliphatic carbocycles. The number of nitrogens with zero attached hydrogens (tertiary/aromatic N) is 3. The topological polar surface area (TPSA) is 48.5 Å². The first-order valence-electron chi connectivity index (χ1n) is 9.67. The highest BCUT2D eigenvalue weighted by Crippen LogP contribution is 2.25. The lowest BCUT2D eigenvalue weighted by Gasteiger charge is -2.40. The van der Waals surface area contributed by atoms with Crippen LogP contribution in [0.15, 0.2) is 66.3 Å². The summed E-state index contributed by atoms with van der Waals surface area (Å²) < 4.78 is 14.1. The largest absolute Gasteiger partial charge is 0.367 e. The molecule has 5 nitrogen and oxygen atoms in total. The lowest BCUT2D eigenvalue weighted by Crippen LogP contribution is -2.50. The number of hydrogen-bond acceptors (Lipinski definition) is 5. The number of benzene rings is 1. The third kappa shape index (κ3) is 4.63. The van der Waals surface area contributed by atoms with Crippen molar-refractivity contribution in [3.63, 3.8) is 0 Å². The lowest BCUT2D eigenvalue weighted by atomic mass is 10.1. The Bertz CT molecular complexity index is 927. The minimum atomic E-state index is -0.187. The van der Waals surface area contributed by atoms with Gasteiger partial charge in [0.2, 0.25) is 0 Å². The fourth-order valence-corrected chi connectivity index (χ4v) is 4.34. The van der Waals surface area contributed by atoms with Gasteiger partial charge >= 0.3 is 0 Å². The van der Waals surface area contributed by atoms with Crippen LogP contribution < -0.4 is 10.2 Å². The van der Waals surface area contributed by atoms with Crippen molar-refractivity contribution in [1.29, 1.82) is 0 Å². The van der Waals surface area contributed by atoms with Crippen LogP contribution in [0.25, 0.3) is 0 Å². The molecule has 0 spiro atoms. The molecule has 1 N–H and O–H groups in total. The number of hydrogen-bond donors (Lipinski definition) is 1. The van der Waals surface area contributed by atoms with E-state index in [4.69, 9.17) is 0 Å². The Hall–Kier alpha value is -2.77. The van der Waals surface area contributed by atoms with Gasteiger partial charge in [0.25, 0.3) is 5.91 Å². The van der Waals surface area contributed by atoms with Crippen LogP contribution in [0.5, 0.6) is 0 Å². The van der Waals surface area contributed by atoms with Gasteiger partial charge in [0.05, 0.1) is 16.6 Å². The van der Waals surface area contributed by atoms with Crippen LogP contribution in [0.2, 0.25) is 0 Å². The first-order valence-corrected chi connectivity index (χ1v) is 10.6. The van der Waals surface area contributed by atoms with E-state index in [1.165, 1.54) is 17.4 Å². The Labute approximate surface area is 173 Å². The number of carbonyl (C=O) groups is 1. The van der Waals surface area contributed by atoms with Gasteiger partial charge in [0.1, 0.15) is 5.82 Å². The maximum absolute atomic E-state index is 14.1. The van der Waals surface area contributed by atoms with Crippen molar-refractivity contribution in [3.8, 4) is 0 Å². The Morgan fingerprint density at radius 1 is 1.10 bits per heavy atom. The van der Waals surface area contributed by atoms with E-state index < -0.39 is 0 Å². The van der Waals surface area contributed by atoms with Gasteiger partial charge in [-0.15, -0.1) is 11.3 Å². The quantitative estimate of drug-likeness (QED) is 0.675. The second-order valence-electron chi connectivity index (χ2n) is 6.96. The predicted octanol–water partition coefficient (Wildman–Crippen LogP) is 3.58. The van der Waals surface area contributed by atoms with Crippen LogP contribution in [0.3, 0.4) is 0 Å². The Kier molecular flexibility index (Phi) is 6.17. The number of pyridine rings is 1. The van der Waals surface area contributed by atoms with Gasteiger partial charge in [-0.2, -0.15) is 0 Å². The molecule has 0 bridgehead atoms. The Morgan fingerprint density at radius 2 is 1.93 bits per heavy atom. The van der Waals surface area contributed by atoms with Gasteiger partial charge in [-0.25, -0.2) is 4.39 Å². The highest BCUT2D eigenvalue weighted by Gasteiger charge is 2.26. The molecule has 1 unspecified atom stereocenters. The van der Waals surface area contributed by atoms with Gasteiger partial charge in [-0.05, 0) is 35.2 Å². The zero-order chi connectivity index (χ0) is 20.1.